The van der Waals surface area contributed by atoms with Gasteiger partial charge in [0.1, 0.15) is 12.4 Å². The monoisotopic (exact) mass is 477 g/mol. The van der Waals surface area contributed by atoms with Gasteiger partial charge in [-0.1, -0.05) is 15.9 Å². The number of rotatable bonds is 19. The molecule has 0 saturated carbocycles. The summed E-state index contributed by atoms with van der Waals surface area (Å²) in [7, 11) is 0. The average molecular weight is 478 g/mol. The Balaban J connectivity index is 1.80. The van der Waals surface area contributed by atoms with Crippen molar-refractivity contribution in [1.29, 1.82) is 0 Å². The van der Waals surface area contributed by atoms with Gasteiger partial charge in [0.2, 0.25) is 5.91 Å². The number of carbonyl (C=O) groups excluding carboxylic acids is 1. The minimum absolute atomic E-state index is 0.0997. The van der Waals surface area contributed by atoms with Crippen LogP contribution in [-0.4, -0.2) is 83.9 Å². The van der Waals surface area contributed by atoms with Crippen LogP contribution in [0.2, 0.25) is 0 Å². The molecule has 0 aliphatic carbocycles. The Morgan fingerprint density at radius 3 is 1.55 bits per heavy atom. The van der Waals surface area contributed by atoms with Crippen molar-refractivity contribution < 1.29 is 33.2 Å². The molecule has 1 amide bonds. The quantitative estimate of drug-likeness (QED) is 0.242. The van der Waals surface area contributed by atoms with Crippen LogP contribution in [-0.2, 0) is 28.5 Å². The highest BCUT2D eigenvalue weighted by atomic mass is 79.9. The van der Waals surface area contributed by atoms with Crippen molar-refractivity contribution >= 4 is 27.5 Å². The first kappa shape index (κ1) is 25.8. The fraction of sp³-hybridized carbons (Fsp3) is 0.650. The summed E-state index contributed by atoms with van der Waals surface area (Å²) in [6, 6.07) is 7.19. The zero-order valence-corrected chi connectivity index (χ0v) is 18.6. The predicted molar refractivity (Wildman–Crippen MR) is 114 cm³/mol. The van der Waals surface area contributed by atoms with Crippen LogP contribution in [0, 0.1) is 0 Å². The summed E-state index contributed by atoms with van der Waals surface area (Å²) in [4.78, 5) is 11.0. The second kappa shape index (κ2) is 18.8. The van der Waals surface area contributed by atoms with E-state index in [9.17, 15) is 4.79 Å². The van der Waals surface area contributed by atoms with Crippen LogP contribution in [0.5, 0.6) is 5.75 Å². The minimum atomic E-state index is -0.0997. The average Bonchev–Trinajstić information content (AvgIpc) is 2.71. The van der Waals surface area contributed by atoms with Crippen molar-refractivity contribution in [2.75, 3.05) is 83.3 Å². The van der Waals surface area contributed by atoms with E-state index in [0.29, 0.717) is 72.7 Å². The third kappa shape index (κ3) is 16.3. The Hall–Kier alpha value is -1.23. The number of amides is 1. The van der Waals surface area contributed by atoms with Crippen molar-refractivity contribution in [3.63, 3.8) is 0 Å². The standard InChI is InChI=1S/C20H32BrNO7/c1-18(23)22-19-2-4-20(5-3-19)29-17-16-28-15-14-27-13-12-26-11-10-25-9-8-24-7-6-21/h2-5H,6-17H2,1H3,(H,22,23). The van der Waals surface area contributed by atoms with Crippen molar-refractivity contribution in [3.8, 4) is 5.75 Å². The molecule has 0 spiro atoms. The van der Waals surface area contributed by atoms with Crippen molar-refractivity contribution in [2.24, 2.45) is 0 Å². The van der Waals surface area contributed by atoms with Gasteiger partial charge in [-0.2, -0.15) is 0 Å². The lowest BCUT2D eigenvalue weighted by atomic mass is 10.3. The van der Waals surface area contributed by atoms with Gasteiger partial charge in [-0.25, -0.2) is 0 Å². The Labute approximate surface area is 181 Å². The second-order valence-corrected chi connectivity index (χ2v) is 6.60. The molecule has 0 radical (unpaired) electrons. The zero-order valence-electron chi connectivity index (χ0n) is 17.0. The summed E-state index contributed by atoms with van der Waals surface area (Å²) in [5.74, 6) is 0.629. The highest BCUT2D eigenvalue weighted by Crippen LogP contribution is 2.15. The van der Waals surface area contributed by atoms with E-state index >= 15 is 0 Å². The number of ether oxygens (including phenoxy) is 6. The molecule has 29 heavy (non-hydrogen) atoms. The molecule has 0 atom stereocenters. The number of benzene rings is 1. The molecular formula is C20H32BrNO7. The van der Waals surface area contributed by atoms with E-state index in [1.165, 1.54) is 6.92 Å². The van der Waals surface area contributed by atoms with E-state index in [1.807, 2.05) is 0 Å². The van der Waals surface area contributed by atoms with Crippen LogP contribution in [0.3, 0.4) is 0 Å². The Morgan fingerprint density at radius 2 is 1.14 bits per heavy atom. The van der Waals surface area contributed by atoms with Gasteiger partial charge in [-0.3, -0.25) is 4.79 Å². The largest absolute Gasteiger partial charge is 0.491 e. The molecule has 1 aromatic carbocycles. The van der Waals surface area contributed by atoms with E-state index < -0.39 is 0 Å². The van der Waals surface area contributed by atoms with Gasteiger partial charge in [0, 0.05) is 17.9 Å². The Bertz CT molecular complexity index is 516. The molecule has 0 fully saturated rings. The first-order chi connectivity index (χ1) is 14.2. The molecule has 1 rings (SSSR count). The molecule has 1 N–H and O–H groups in total. The maximum atomic E-state index is 11.0. The lowest BCUT2D eigenvalue weighted by Gasteiger charge is -2.09. The molecule has 0 bridgehead atoms. The lowest BCUT2D eigenvalue weighted by Crippen LogP contribution is -2.14. The number of carbonyl (C=O) groups is 1. The van der Waals surface area contributed by atoms with Crippen molar-refractivity contribution in [1.82, 2.24) is 0 Å². The number of nitrogens with one attached hydrogen (secondary N) is 1. The number of hydrogen-bond acceptors (Lipinski definition) is 7. The predicted octanol–water partition coefficient (Wildman–Crippen LogP) is 2.50. The highest BCUT2D eigenvalue weighted by Gasteiger charge is 1.98. The molecule has 0 heterocycles. The van der Waals surface area contributed by atoms with Gasteiger partial charge in [0.25, 0.3) is 0 Å². The topological polar surface area (TPSA) is 84.5 Å². The number of anilines is 1. The number of alkyl halides is 1. The van der Waals surface area contributed by atoms with E-state index in [4.69, 9.17) is 28.4 Å². The van der Waals surface area contributed by atoms with Crippen LogP contribution in [0.15, 0.2) is 24.3 Å². The van der Waals surface area contributed by atoms with E-state index in [2.05, 4.69) is 21.2 Å². The molecular weight excluding hydrogens is 446 g/mol. The lowest BCUT2D eigenvalue weighted by molar-refractivity contribution is -0.114. The summed E-state index contributed by atoms with van der Waals surface area (Å²) >= 11 is 3.29. The summed E-state index contributed by atoms with van der Waals surface area (Å²) in [5, 5.41) is 3.54. The fourth-order valence-corrected chi connectivity index (χ4v) is 2.32. The maximum Gasteiger partial charge on any atom is 0.221 e. The van der Waals surface area contributed by atoms with E-state index in [1.54, 1.807) is 24.3 Å². The SMILES string of the molecule is CC(=O)Nc1ccc(OCCOCCOCCOCCOCCOCCBr)cc1. The summed E-state index contributed by atoms with van der Waals surface area (Å²) < 4.78 is 32.5. The Morgan fingerprint density at radius 1 is 0.724 bits per heavy atom. The van der Waals surface area contributed by atoms with Crippen LogP contribution in [0.25, 0.3) is 0 Å². The summed E-state index contributed by atoms with van der Waals surface area (Å²) in [6.45, 7) is 7.43. The Kier molecular flexibility index (Phi) is 16.7. The molecule has 9 heteroatoms. The molecule has 0 saturated heterocycles. The van der Waals surface area contributed by atoms with Crippen LogP contribution >= 0.6 is 15.9 Å². The van der Waals surface area contributed by atoms with Crippen molar-refractivity contribution in [2.45, 2.75) is 6.92 Å². The van der Waals surface area contributed by atoms with Gasteiger partial charge in [-0.15, -0.1) is 0 Å². The third-order valence-corrected chi connectivity index (χ3v) is 3.70. The van der Waals surface area contributed by atoms with Crippen molar-refractivity contribution in [3.05, 3.63) is 24.3 Å². The van der Waals surface area contributed by atoms with Gasteiger partial charge >= 0.3 is 0 Å². The molecule has 1 aromatic rings. The first-order valence-electron chi connectivity index (χ1n) is 9.67. The number of hydrogen-bond donors (Lipinski definition) is 1. The molecule has 8 nitrogen and oxygen atoms in total. The summed E-state index contributed by atoms with van der Waals surface area (Å²) in [6.07, 6.45) is 0. The molecule has 0 aliphatic rings. The van der Waals surface area contributed by atoms with Crippen LogP contribution in [0.1, 0.15) is 6.92 Å². The van der Waals surface area contributed by atoms with Gasteiger partial charge < -0.3 is 33.7 Å². The molecule has 0 aromatic heterocycles. The third-order valence-electron chi connectivity index (χ3n) is 3.38. The van der Waals surface area contributed by atoms with E-state index in [0.717, 1.165) is 16.8 Å². The second-order valence-electron chi connectivity index (χ2n) is 5.80. The van der Waals surface area contributed by atoms with Crippen LogP contribution in [0.4, 0.5) is 5.69 Å². The minimum Gasteiger partial charge on any atom is -0.491 e. The van der Waals surface area contributed by atoms with Crippen LogP contribution < -0.4 is 10.1 Å². The fourth-order valence-electron chi connectivity index (χ4n) is 2.09. The maximum absolute atomic E-state index is 11.0. The molecule has 166 valence electrons. The van der Waals surface area contributed by atoms with Gasteiger partial charge in [-0.05, 0) is 24.3 Å². The normalized spacial score (nSPS) is 10.8. The zero-order chi connectivity index (χ0) is 21.0. The smallest absolute Gasteiger partial charge is 0.221 e. The van der Waals surface area contributed by atoms with E-state index in [-0.39, 0.29) is 5.91 Å². The number of halogens is 1. The highest BCUT2D eigenvalue weighted by molar-refractivity contribution is 9.09. The summed E-state index contributed by atoms with van der Waals surface area (Å²) in [5.41, 5.74) is 0.741. The molecule has 0 aliphatic heterocycles. The van der Waals surface area contributed by atoms with Gasteiger partial charge in [0.15, 0.2) is 0 Å². The first-order valence-corrected chi connectivity index (χ1v) is 10.8. The van der Waals surface area contributed by atoms with Gasteiger partial charge in [0.05, 0.1) is 66.1 Å². The molecule has 0 unspecified atom stereocenters.